The first-order valence-corrected chi connectivity index (χ1v) is 9.28. The van der Waals surface area contributed by atoms with E-state index in [0.29, 0.717) is 34.1 Å². The SMILES string of the molecule is CCOC(=O)c1cc(Oc2ccc(C#N)cc2)cc(Oc2ccc(C#N)cc2Cl)c1. The van der Waals surface area contributed by atoms with Crippen LogP contribution in [0.5, 0.6) is 23.0 Å². The number of nitriles is 2. The normalized spacial score (nSPS) is 9.87. The first kappa shape index (κ1) is 20.7. The summed E-state index contributed by atoms with van der Waals surface area (Å²) in [5, 5.41) is 18.1. The van der Waals surface area contributed by atoms with Crippen LogP contribution in [0.25, 0.3) is 0 Å². The van der Waals surface area contributed by atoms with Crippen LogP contribution in [0, 0.1) is 22.7 Å². The summed E-state index contributed by atoms with van der Waals surface area (Å²) in [4.78, 5) is 12.3. The predicted octanol–water partition coefficient (Wildman–Crippen LogP) is 5.84. The maximum Gasteiger partial charge on any atom is 0.338 e. The van der Waals surface area contributed by atoms with E-state index in [1.807, 2.05) is 12.1 Å². The molecule has 0 N–H and O–H groups in total. The monoisotopic (exact) mass is 418 g/mol. The summed E-state index contributed by atoms with van der Waals surface area (Å²) in [7, 11) is 0. The number of rotatable bonds is 6. The minimum atomic E-state index is -0.529. The lowest BCUT2D eigenvalue weighted by Gasteiger charge is -2.13. The standard InChI is InChI=1S/C23H15ClN2O4/c1-2-28-23(27)17-10-19(29-18-6-3-15(13-25)4-7-18)12-20(11-17)30-22-8-5-16(14-26)9-21(22)24/h3-12H,2H2,1H3. The zero-order valence-corrected chi connectivity index (χ0v) is 16.6. The van der Waals surface area contributed by atoms with Gasteiger partial charge in [0, 0.05) is 6.07 Å². The Hall–Kier alpha value is -4.00. The van der Waals surface area contributed by atoms with Crippen LogP contribution in [0.1, 0.15) is 28.4 Å². The zero-order valence-electron chi connectivity index (χ0n) is 15.9. The molecule has 6 nitrogen and oxygen atoms in total. The second-order valence-corrected chi connectivity index (χ2v) is 6.42. The van der Waals surface area contributed by atoms with Crippen molar-refractivity contribution in [2.45, 2.75) is 6.92 Å². The van der Waals surface area contributed by atoms with Crippen molar-refractivity contribution in [1.82, 2.24) is 0 Å². The third kappa shape index (κ3) is 5.08. The van der Waals surface area contributed by atoms with Crippen LogP contribution in [-0.4, -0.2) is 12.6 Å². The lowest BCUT2D eigenvalue weighted by atomic mass is 10.2. The maximum absolute atomic E-state index is 12.3. The summed E-state index contributed by atoms with van der Waals surface area (Å²) >= 11 is 6.18. The molecule has 7 heteroatoms. The van der Waals surface area contributed by atoms with E-state index in [9.17, 15) is 4.79 Å². The molecule has 0 bridgehead atoms. The molecule has 0 atom stereocenters. The Morgan fingerprint density at radius 3 is 2.10 bits per heavy atom. The Balaban J connectivity index is 1.94. The van der Waals surface area contributed by atoms with Crippen molar-refractivity contribution in [2.24, 2.45) is 0 Å². The molecule has 3 aromatic rings. The zero-order chi connectivity index (χ0) is 21.5. The van der Waals surface area contributed by atoms with Crippen LogP contribution < -0.4 is 9.47 Å². The molecular formula is C23H15ClN2O4. The quantitative estimate of drug-likeness (QED) is 0.466. The van der Waals surface area contributed by atoms with Crippen LogP contribution in [0.4, 0.5) is 0 Å². The highest BCUT2D eigenvalue weighted by atomic mass is 35.5. The Morgan fingerprint density at radius 1 is 0.867 bits per heavy atom. The number of hydrogen-bond acceptors (Lipinski definition) is 6. The van der Waals surface area contributed by atoms with Crippen molar-refractivity contribution in [2.75, 3.05) is 6.61 Å². The van der Waals surface area contributed by atoms with Gasteiger partial charge in [0.15, 0.2) is 0 Å². The highest BCUT2D eigenvalue weighted by Crippen LogP contribution is 2.34. The number of ether oxygens (including phenoxy) is 3. The van der Waals surface area contributed by atoms with Crippen LogP contribution in [0.15, 0.2) is 60.7 Å². The van der Waals surface area contributed by atoms with Crippen LogP contribution in [-0.2, 0) is 4.74 Å². The fourth-order valence-electron chi connectivity index (χ4n) is 2.54. The fraction of sp³-hybridized carbons (Fsp3) is 0.0870. The van der Waals surface area contributed by atoms with Gasteiger partial charge in [0.1, 0.15) is 23.0 Å². The average molecular weight is 419 g/mol. The molecular weight excluding hydrogens is 404 g/mol. The first-order valence-electron chi connectivity index (χ1n) is 8.90. The predicted molar refractivity (Wildman–Crippen MR) is 110 cm³/mol. The second kappa shape index (κ2) is 9.47. The van der Waals surface area contributed by atoms with Gasteiger partial charge in [-0.1, -0.05) is 11.6 Å². The van der Waals surface area contributed by atoms with Crippen LogP contribution in [0.3, 0.4) is 0 Å². The third-order valence-corrected chi connectivity index (χ3v) is 4.19. The fourth-order valence-corrected chi connectivity index (χ4v) is 2.75. The topological polar surface area (TPSA) is 92.3 Å². The molecule has 0 unspecified atom stereocenters. The minimum absolute atomic E-state index is 0.219. The molecule has 0 saturated carbocycles. The van der Waals surface area contributed by atoms with Gasteiger partial charge in [-0.3, -0.25) is 0 Å². The van der Waals surface area contributed by atoms with Gasteiger partial charge >= 0.3 is 5.97 Å². The number of benzene rings is 3. The Morgan fingerprint density at radius 2 is 1.50 bits per heavy atom. The molecule has 3 aromatic carbocycles. The van der Waals surface area contributed by atoms with Gasteiger partial charge in [-0.05, 0) is 61.5 Å². The number of esters is 1. The van der Waals surface area contributed by atoms with E-state index < -0.39 is 5.97 Å². The Bertz CT molecular complexity index is 1160. The van der Waals surface area contributed by atoms with Crippen molar-refractivity contribution >= 4 is 17.6 Å². The molecule has 0 aromatic heterocycles. The van der Waals surface area contributed by atoms with E-state index in [1.54, 1.807) is 49.4 Å². The molecule has 0 fully saturated rings. The summed E-state index contributed by atoms with van der Waals surface area (Å²) < 4.78 is 16.7. The average Bonchev–Trinajstić information content (AvgIpc) is 2.75. The molecule has 0 spiro atoms. The summed E-state index contributed by atoms with van der Waals surface area (Å²) in [5.41, 5.74) is 1.14. The second-order valence-electron chi connectivity index (χ2n) is 6.01. The van der Waals surface area contributed by atoms with E-state index >= 15 is 0 Å². The van der Waals surface area contributed by atoms with E-state index in [2.05, 4.69) is 0 Å². The molecule has 30 heavy (non-hydrogen) atoms. The van der Waals surface area contributed by atoms with E-state index in [-0.39, 0.29) is 17.2 Å². The molecule has 0 amide bonds. The molecule has 3 rings (SSSR count). The van der Waals surface area contributed by atoms with E-state index in [4.69, 9.17) is 36.3 Å². The summed E-state index contributed by atoms with van der Waals surface area (Å²) in [6, 6.07) is 19.8. The Kier molecular flexibility index (Phi) is 6.54. The molecule has 0 aliphatic carbocycles. The smallest absolute Gasteiger partial charge is 0.338 e. The first-order chi connectivity index (χ1) is 14.5. The van der Waals surface area contributed by atoms with E-state index in [1.165, 1.54) is 18.2 Å². The highest BCUT2D eigenvalue weighted by Gasteiger charge is 2.14. The third-order valence-electron chi connectivity index (χ3n) is 3.90. The van der Waals surface area contributed by atoms with Crippen molar-refractivity contribution in [3.63, 3.8) is 0 Å². The molecule has 148 valence electrons. The van der Waals surface area contributed by atoms with Gasteiger partial charge in [-0.25, -0.2) is 4.79 Å². The molecule has 0 saturated heterocycles. The van der Waals surface area contributed by atoms with Gasteiger partial charge in [-0.2, -0.15) is 10.5 Å². The van der Waals surface area contributed by atoms with Crippen molar-refractivity contribution in [3.8, 4) is 35.1 Å². The number of hydrogen-bond donors (Lipinski definition) is 0. The van der Waals surface area contributed by atoms with Crippen molar-refractivity contribution in [1.29, 1.82) is 10.5 Å². The lowest BCUT2D eigenvalue weighted by Crippen LogP contribution is -2.05. The Labute approximate surface area is 178 Å². The van der Waals surface area contributed by atoms with Crippen molar-refractivity contribution in [3.05, 3.63) is 82.4 Å². The number of nitrogens with zero attached hydrogens (tertiary/aromatic N) is 2. The van der Waals surface area contributed by atoms with Gasteiger partial charge in [0.05, 0.1) is 40.5 Å². The van der Waals surface area contributed by atoms with E-state index in [0.717, 1.165) is 0 Å². The molecule has 0 radical (unpaired) electrons. The summed E-state index contributed by atoms with van der Waals surface area (Å²) in [6.45, 7) is 1.93. The van der Waals surface area contributed by atoms with Gasteiger partial charge in [0.2, 0.25) is 0 Å². The van der Waals surface area contributed by atoms with Gasteiger partial charge in [-0.15, -0.1) is 0 Å². The number of halogens is 1. The molecule has 0 heterocycles. The summed E-state index contributed by atoms with van der Waals surface area (Å²) in [6.07, 6.45) is 0. The highest BCUT2D eigenvalue weighted by molar-refractivity contribution is 6.32. The minimum Gasteiger partial charge on any atom is -0.462 e. The number of carbonyl (C=O) groups excluding carboxylic acids is 1. The maximum atomic E-state index is 12.3. The van der Waals surface area contributed by atoms with Crippen molar-refractivity contribution < 1.29 is 19.0 Å². The largest absolute Gasteiger partial charge is 0.462 e. The van der Waals surface area contributed by atoms with Crippen LogP contribution >= 0.6 is 11.6 Å². The summed E-state index contributed by atoms with van der Waals surface area (Å²) in [5.74, 6) is 0.915. The lowest BCUT2D eigenvalue weighted by molar-refractivity contribution is 0.0525. The van der Waals surface area contributed by atoms with Crippen LogP contribution in [0.2, 0.25) is 5.02 Å². The molecule has 0 aliphatic rings. The van der Waals surface area contributed by atoms with Gasteiger partial charge in [0.25, 0.3) is 0 Å². The van der Waals surface area contributed by atoms with Gasteiger partial charge < -0.3 is 14.2 Å². The molecule has 0 aliphatic heterocycles. The number of carbonyl (C=O) groups is 1.